The van der Waals surface area contributed by atoms with Gasteiger partial charge in [0.25, 0.3) is 0 Å². The van der Waals surface area contributed by atoms with E-state index in [1.807, 2.05) is 6.07 Å². The molecule has 0 atom stereocenters. The lowest BCUT2D eigenvalue weighted by atomic mass is 9.68. The Morgan fingerprint density at radius 3 is 2.75 bits per heavy atom. The first-order valence-corrected chi connectivity index (χ1v) is 6.66. The molecule has 5 heteroatoms. The van der Waals surface area contributed by atoms with Gasteiger partial charge in [-0.25, -0.2) is 4.39 Å². The van der Waals surface area contributed by atoms with Crippen LogP contribution in [0.25, 0.3) is 0 Å². The average molecular weight is 275 g/mol. The molecule has 0 aliphatic heterocycles. The van der Waals surface area contributed by atoms with E-state index in [1.165, 1.54) is 23.1 Å². The lowest BCUT2D eigenvalue weighted by Crippen LogP contribution is -2.50. The quantitative estimate of drug-likeness (QED) is 0.910. The third-order valence-corrected chi connectivity index (χ3v) is 4.08. The molecule has 0 aromatic heterocycles. The predicted molar refractivity (Wildman–Crippen MR) is 72.9 cm³/mol. The number of rotatable bonds is 4. The van der Waals surface area contributed by atoms with E-state index in [0.29, 0.717) is 17.7 Å². The fourth-order valence-electron chi connectivity index (χ4n) is 2.61. The maximum Gasteiger partial charge on any atom is 0.230 e. The first kappa shape index (κ1) is 14.5. The van der Waals surface area contributed by atoms with E-state index in [2.05, 4.69) is 0 Å². The number of nitrogens with zero attached hydrogens (tertiary/aromatic N) is 2. The van der Waals surface area contributed by atoms with Gasteiger partial charge in [0, 0.05) is 25.7 Å². The van der Waals surface area contributed by atoms with Crippen molar-refractivity contribution in [3.05, 3.63) is 35.1 Å². The van der Waals surface area contributed by atoms with Crippen LogP contribution in [0.1, 0.15) is 30.4 Å². The normalized spacial score (nSPS) is 16.1. The zero-order valence-corrected chi connectivity index (χ0v) is 11.5. The van der Waals surface area contributed by atoms with Crippen LogP contribution in [0.4, 0.5) is 4.39 Å². The van der Waals surface area contributed by atoms with E-state index < -0.39 is 11.2 Å². The summed E-state index contributed by atoms with van der Waals surface area (Å²) in [5, 5.41) is 8.84. The summed E-state index contributed by atoms with van der Waals surface area (Å²) in [6.45, 7) is 0.485. The standard InChI is InChI=1S/C15H18FN3O/c1-19(14(20)15(10-18)5-2-6-15)9-12-7-11(8-17)3-4-13(12)16/h3-4,7H,2,5-6,9-10,18H2,1H3. The second-order valence-corrected chi connectivity index (χ2v) is 5.42. The lowest BCUT2D eigenvalue weighted by molar-refractivity contribution is -0.145. The third-order valence-electron chi connectivity index (χ3n) is 4.08. The Hall–Kier alpha value is -1.93. The molecule has 20 heavy (non-hydrogen) atoms. The Bertz CT molecular complexity index is 555. The molecule has 1 aromatic rings. The van der Waals surface area contributed by atoms with Crippen LogP contribution in [-0.2, 0) is 11.3 Å². The first-order valence-electron chi connectivity index (χ1n) is 6.66. The number of nitrogens with two attached hydrogens (primary N) is 1. The van der Waals surface area contributed by atoms with Gasteiger partial charge in [-0.1, -0.05) is 6.42 Å². The maximum atomic E-state index is 13.7. The van der Waals surface area contributed by atoms with Gasteiger partial charge in [0.15, 0.2) is 0 Å². The number of benzene rings is 1. The number of nitriles is 1. The van der Waals surface area contributed by atoms with Crippen LogP contribution >= 0.6 is 0 Å². The van der Waals surface area contributed by atoms with Crippen LogP contribution in [0.2, 0.25) is 0 Å². The van der Waals surface area contributed by atoms with Gasteiger partial charge in [-0.05, 0) is 31.0 Å². The van der Waals surface area contributed by atoms with Gasteiger partial charge in [0.2, 0.25) is 5.91 Å². The molecule has 106 valence electrons. The van der Waals surface area contributed by atoms with E-state index >= 15 is 0 Å². The minimum atomic E-state index is -0.460. The van der Waals surface area contributed by atoms with Crippen molar-refractivity contribution in [2.75, 3.05) is 13.6 Å². The highest BCUT2D eigenvalue weighted by Gasteiger charge is 2.44. The van der Waals surface area contributed by atoms with Crippen molar-refractivity contribution >= 4 is 5.91 Å². The summed E-state index contributed by atoms with van der Waals surface area (Å²) >= 11 is 0. The van der Waals surface area contributed by atoms with Crippen LogP contribution in [0.15, 0.2) is 18.2 Å². The summed E-state index contributed by atoms with van der Waals surface area (Å²) in [5.74, 6) is -0.438. The Morgan fingerprint density at radius 2 is 2.25 bits per heavy atom. The van der Waals surface area contributed by atoms with Crippen molar-refractivity contribution in [1.29, 1.82) is 5.26 Å². The van der Waals surface area contributed by atoms with E-state index in [0.717, 1.165) is 19.3 Å². The van der Waals surface area contributed by atoms with Crippen molar-refractivity contribution in [2.24, 2.45) is 11.1 Å². The van der Waals surface area contributed by atoms with Gasteiger partial charge in [-0.3, -0.25) is 4.79 Å². The minimum Gasteiger partial charge on any atom is -0.341 e. The van der Waals surface area contributed by atoms with Gasteiger partial charge in [-0.2, -0.15) is 5.26 Å². The zero-order valence-electron chi connectivity index (χ0n) is 11.5. The summed E-state index contributed by atoms with van der Waals surface area (Å²) in [6, 6.07) is 6.13. The molecule has 0 saturated heterocycles. The maximum absolute atomic E-state index is 13.7. The molecule has 4 nitrogen and oxygen atoms in total. The molecule has 0 unspecified atom stereocenters. The topological polar surface area (TPSA) is 70.1 Å². The van der Waals surface area contributed by atoms with Gasteiger partial charge in [0.1, 0.15) is 5.82 Å². The van der Waals surface area contributed by atoms with Crippen LogP contribution in [0, 0.1) is 22.6 Å². The SMILES string of the molecule is CN(Cc1cc(C#N)ccc1F)C(=O)C1(CN)CCC1. The Balaban J connectivity index is 2.14. The molecule has 1 aliphatic carbocycles. The van der Waals surface area contributed by atoms with E-state index in [9.17, 15) is 9.18 Å². The van der Waals surface area contributed by atoms with Crippen molar-refractivity contribution in [3.8, 4) is 6.07 Å². The van der Waals surface area contributed by atoms with E-state index in [4.69, 9.17) is 11.0 Å². The fraction of sp³-hybridized carbons (Fsp3) is 0.467. The summed E-state index contributed by atoms with van der Waals surface area (Å²) in [6.07, 6.45) is 2.61. The number of carbonyl (C=O) groups is 1. The van der Waals surface area contributed by atoms with Crippen LogP contribution in [-0.4, -0.2) is 24.4 Å². The lowest BCUT2D eigenvalue weighted by Gasteiger charge is -2.41. The summed E-state index contributed by atoms with van der Waals surface area (Å²) in [7, 11) is 1.65. The van der Waals surface area contributed by atoms with Crippen molar-refractivity contribution < 1.29 is 9.18 Å². The zero-order chi connectivity index (χ0) is 14.8. The Morgan fingerprint density at radius 1 is 1.55 bits per heavy atom. The van der Waals surface area contributed by atoms with Crippen molar-refractivity contribution in [1.82, 2.24) is 4.90 Å². The monoisotopic (exact) mass is 275 g/mol. The van der Waals surface area contributed by atoms with Gasteiger partial charge in [0.05, 0.1) is 17.0 Å². The van der Waals surface area contributed by atoms with Gasteiger partial charge >= 0.3 is 0 Å². The minimum absolute atomic E-state index is 0.0342. The molecular weight excluding hydrogens is 257 g/mol. The second-order valence-electron chi connectivity index (χ2n) is 5.42. The predicted octanol–water partition coefficient (Wildman–Crippen LogP) is 1.78. The van der Waals surface area contributed by atoms with E-state index in [-0.39, 0.29) is 12.5 Å². The number of amides is 1. The third kappa shape index (κ3) is 2.52. The number of carbonyl (C=O) groups excluding carboxylic acids is 1. The molecule has 1 saturated carbocycles. The summed E-state index contributed by atoms with van der Waals surface area (Å²) in [4.78, 5) is 13.9. The van der Waals surface area contributed by atoms with Crippen LogP contribution in [0.5, 0.6) is 0 Å². The van der Waals surface area contributed by atoms with E-state index in [1.54, 1.807) is 7.05 Å². The molecule has 1 fully saturated rings. The van der Waals surface area contributed by atoms with Crippen molar-refractivity contribution in [2.45, 2.75) is 25.8 Å². The molecule has 2 N–H and O–H groups in total. The summed E-state index contributed by atoms with van der Waals surface area (Å²) < 4.78 is 13.7. The average Bonchev–Trinajstić information content (AvgIpc) is 2.40. The number of hydrogen-bond acceptors (Lipinski definition) is 3. The summed E-state index contributed by atoms with van der Waals surface area (Å²) in [5.41, 5.74) is 5.99. The molecule has 1 amide bonds. The molecule has 2 rings (SSSR count). The van der Waals surface area contributed by atoms with Crippen LogP contribution < -0.4 is 5.73 Å². The highest BCUT2D eigenvalue weighted by molar-refractivity contribution is 5.83. The first-order chi connectivity index (χ1) is 9.52. The van der Waals surface area contributed by atoms with Gasteiger partial charge < -0.3 is 10.6 Å². The molecule has 0 heterocycles. The largest absolute Gasteiger partial charge is 0.341 e. The Labute approximate surface area is 118 Å². The highest BCUT2D eigenvalue weighted by Crippen LogP contribution is 2.41. The van der Waals surface area contributed by atoms with Crippen LogP contribution in [0.3, 0.4) is 0 Å². The second kappa shape index (κ2) is 5.59. The molecule has 1 aliphatic rings. The highest BCUT2D eigenvalue weighted by atomic mass is 19.1. The number of halogens is 1. The smallest absolute Gasteiger partial charge is 0.230 e. The fourth-order valence-corrected chi connectivity index (χ4v) is 2.61. The molecule has 0 radical (unpaired) electrons. The number of hydrogen-bond donors (Lipinski definition) is 1. The molecule has 0 spiro atoms. The van der Waals surface area contributed by atoms with Crippen molar-refractivity contribution in [3.63, 3.8) is 0 Å². The molecular formula is C15H18FN3O. The van der Waals surface area contributed by atoms with Gasteiger partial charge in [-0.15, -0.1) is 0 Å². The Kier molecular flexibility index (Phi) is 4.05. The molecule has 0 bridgehead atoms. The molecule has 1 aromatic carbocycles.